The van der Waals surface area contributed by atoms with Crippen molar-refractivity contribution in [3.63, 3.8) is 0 Å². The molecule has 0 atom stereocenters. The zero-order valence-corrected chi connectivity index (χ0v) is 24.2. The normalized spacial score (nSPS) is 10.2. The Morgan fingerprint density at radius 1 is 0.680 bits per heavy atom. The van der Waals surface area contributed by atoms with Crippen molar-refractivity contribution in [3.05, 3.63) is 33.4 Å². The number of hydrogen-bond donors (Lipinski definition) is 1. The minimum atomic E-state index is -0.592. The van der Waals surface area contributed by atoms with E-state index in [1.54, 1.807) is 0 Å². The second-order valence-corrected chi connectivity index (χ2v) is 21.8. The third kappa shape index (κ3) is 12.7. The molecule has 0 bridgehead atoms. The predicted molar refractivity (Wildman–Crippen MR) is 132 cm³/mol. The molecule has 25 heavy (non-hydrogen) atoms. The summed E-state index contributed by atoms with van der Waals surface area (Å²) in [4.78, 5) is 9.38. The molecule has 150 valence electrons. The summed E-state index contributed by atoms with van der Waals surface area (Å²) in [5.74, 6) is 0. The predicted octanol–water partition coefficient (Wildman–Crippen LogP) is 8.28. The molecule has 0 heterocycles. The van der Waals surface area contributed by atoms with Gasteiger partial charge in [0.2, 0.25) is 0 Å². The summed E-state index contributed by atoms with van der Waals surface area (Å²) in [6, 6.07) is 0. The zero-order chi connectivity index (χ0) is 20.0. The van der Waals surface area contributed by atoms with Gasteiger partial charge in [-0.05, 0) is 100 Å². The SMILES string of the molecule is CCCCP(O)CCCC.Cc1c(C)c(C)c(C)c(C)c1C.[I][Ru][I]. The Morgan fingerprint density at radius 3 is 1.04 bits per heavy atom. The molecule has 0 aliphatic rings. The summed E-state index contributed by atoms with van der Waals surface area (Å²) in [7, 11) is 0.0577. The van der Waals surface area contributed by atoms with Crippen LogP contribution in [-0.2, 0) is 10.1 Å². The maximum atomic E-state index is 9.38. The topological polar surface area (TPSA) is 20.2 Å². The Balaban J connectivity index is 0. The fourth-order valence-corrected chi connectivity index (χ4v) is 4.07. The molecule has 0 saturated heterocycles. The number of hydrogen-bond acceptors (Lipinski definition) is 1. The third-order valence-corrected chi connectivity index (χ3v) is 6.58. The minimum absolute atomic E-state index is 0.592. The number of halogens is 2. The first-order valence-corrected chi connectivity index (χ1v) is 21.0. The van der Waals surface area contributed by atoms with Crippen molar-refractivity contribution in [1.29, 1.82) is 0 Å². The van der Waals surface area contributed by atoms with Crippen molar-refractivity contribution in [2.45, 2.75) is 81.1 Å². The Bertz CT molecular complexity index is 368. The van der Waals surface area contributed by atoms with Gasteiger partial charge in [0.15, 0.2) is 0 Å². The second kappa shape index (κ2) is 17.8. The number of unbranched alkanes of at least 4 members (excludes halogenated alkanes) is 2. The Hall–Kier alpha value is 1.69. The summed E-state index contributed by atoms with van der Waals surface area (Å²) in [6.07, 6.45) is 6.95. The van der Waals surface area contributed by atoms with Gasteiger partial charge in [-0.2, -0.15) is 0 Å². The zero-order valence-electron chi connectivity index (χ0n) is 17.2. The molecule has 0 radical (unpaired) electrons. The van der Waals surface area contributed by atoms with Crippen LogP contribution in [0.5, 0.6) is 0 Å². The van der Waals surface area contributed by atoms with Crippen LogP contribution in [0.1, 0.15) is 72.9 Å². The van der Waals surface area contributed by atoms with Crippen molar-refractivity contribution in [2.75, 3.05) is 12.3 Å². The van der Waals surface area contributed by atoms with E-state index in [1.807, 2.05) is 0 Å². The van der Waals surface area contributed by atoms with Gasteiger partial charge >= 0.3 is 49.6 Å². The van der Waals surface area contributed by atoms with Gasteiger partial charge in [-0.3, -0.25) is 0 Å². The van der Waals surface area contributed by atoms with Crippen molar-refractivity contribution in [2.24, 2.45) is 0 Å². The van der Waals surface area contributed by atoms with Crippen molar-refractivity contribution < 1.29 is 15.0 Å². The van der Waals surface area contributed by atoms with Crippen molar-refractivity contribution in [1.82, 2.24) is 0 Å². The molecule has 1 nitrogen and oxygen atoms in total. The molecule has 0 amide bonds. The van der Waals surface area contributed by atoms with E-state index in [9.17, 15) is 4.89 Å². The van der Waals surface area contributed by atoms with Gasteiger partial charge < -0.3 is 4.89 Å². The van der Waals surface area contributed by atoms with E-state index in [1.165, 1.54) is 59.1 Å². The molecule has 0 spiro atoms. The van der Waals surface area contributed by atoms with Crippen LogP contribution >= 0.6 is 47.6 Å². The first-order chi connectivity index (χ1) is 11.7. The van der Waals surface area contributed by atoms with Crippen LogP contribution in [-0.4, -0.2) is 17.2 Å². The molecule has 0 fully saturated rings. The summed E-state index contributed by atoms with van der Waals surface area (Å²) in [6.45, 7) is 17.6. The van der Waals surface area contributed by atoms with Crippen LogP contribution in [0.15, 0.2) is 0 Å². The monoisotopic (exact) mass is 680 g/mol. The third-order valence-electron chi connectivity index (χ3n) is 4.91. The molecule has 0 aliphatic carbocycles. The first-order valence-electron chi connectivity index (χ1n) is 9.01. The average molecular weight is 679 g/mol. The van der Waals surface area contributed by atoms with E-state index >= 15 is 0 Å². The molecule has 1 aromatic carbocycles. The molecule has 0 saturated carbocycles. The number of benzene rings is 1. The average Bonchev–Trinajstić information content (AvgIpc) is 2.60. The van der Waals surface area contributed by atoms with Crippen LogP contribution < -0.4 is 0 Å². The van der Waals surface area contributed by atoms with Crippen LogP contribution in [0, 0.1) is 41.5 Å². The van der Waals surface area contributed by atoms with Gasteiger partial charge in [-0.1, -0.05) is 26.7 Å². The van der Waals surface area contributed by atoms with Gasteiger partial charge in [-0.15, -0.1) is 0 Å². The van der Waals surface area contributed by atoms with Gasteiger partial charge in [0.1, 0.15) is 0 Å². The van der Waals surface area contributed by atoms with Gasteiger partial charge in [-0.25, -0.2) is 0 Å². The van der Waals surface area contributed by atoms with E-state index in [0.717, 1.165) is 12.3 Å². The second-order valence-electron chi connectivity index (χ2n) is 6.46. The maximum absolute atomic E-state index is 9.38. The molecule has 1 aromatic rings. The Kier molecular flexibility index (Phi) is 20.5. The van der Waals surface area contributed by atoms with Crippen LogP contribution in [0.2, 0.25) is 0 Å². The molecule has 1 N–H and O–H groups in total. The Morgan fingerprint density at radius 2 is 0.880 bits per heavy atom. The van der Waals surface area contributed by atoms with E-state index < -0.39 is 8.15 Å². The van der Waals surface area contributed by atoms with Crippen LogP contribution in [0.25, 0.3) is 0 Å². The molecular formula is C20H37I2OPRu. The molecule has 0 aromatic heterocycles. The van der Waals surface area contributed by atoms with Crippen molar-refractivity contribution in [3.8, 4) is 0 Å². The fraction of sp³-hybridized carbons (Fsp3) is 0.700. The van der Waals surface area contributed by atoms with Crippen LogP contribution in [0.4, 0.5) is 0 Å². The summed E-state index contributed by atoms with van der Waals surface area (Å²) < 4.78 is 0. The van der Waals surface area contributed by atoms with Gasteiger partial charge in [0.25, 0.3) is 0 Å². The molecule has 1 rings (SSSR count). The van der Waals surface area contributed by atoms with Gasteiger partial charge in [0, 0.05) is 8.15 Å². The molecule has 0 unspecified atom stereocenters. The molecular weight excluding hydrogens is 642 g/mol. The van der Waals surface area contributed by atoms with Crippen molar-refractivity contribution >= 4 is 47.6 Å². The first kappa shape index (κ1) is 28.9. The standard InChI is InChI=1S/C12H18.C8H19OP.2HI.Ru/c1-7-8(2)10(4)12(6)11(5)9(7)3;1-3-5-7-10(9)8-6-4-2;;;/h1-6H3;9H,3-8H2,1-2H3;2*1H;/q;;;;+2/p-2. The molecule has 5 heteroatoms. The Labute approximate surface area is 187 Å². The van der Waals surface area contributed by atoms with E-state index in [0.29, 0.717) is 10.1 Å². The quantitative estimate of drug-likeness (QED) is 0.182. The van der Waals surface area contributed by atoms with E-state index in [2.05, 4.69) is 94.9 Å². The summed E-state index contributed by atoms with van der Waals surface area (Å²) >= 11 is 4.73. The van der Waals surface area contributed by atoms with E-state index in [-0.39, 0.29) is 0 Å². The number of rotatable bonds is 6. The summed E-state index contributed by atoms with van der Waals surface area (Å²) in [5.41, 5.74) is 8.73. The summed E-state index contributed by atoms with van der Waals surface area (Å²) in [5, 5.41) is 0. The van der Waals surface area contributed by atoms with Gasteiger partial charge in [0.05, 0.1) is 0 Å². The van der Waals surface area contributed by atoms with Crippen LogP contribution in [0.3, 0.4) is 0 Å². The fourth-order valence-electron chi connectivity index (χ4n) is 2.48. The van der Waals surface area contributed by atoms with E-state index in [4.69, 9.17) is 0 Å². The molecule has 0 aliphatic heterocycles.